The number of methoxy groups -OCH3 is 1. The summed E-state index contributed by atoms with van der Waals surface area (Å²) in [5, 5.41) is 39.4. The third-order valence-corrected chi connectivity index (χ3v) is 4.10. The number of hydrogen-bond acceptors (Lipinski definition) is 7. The van der Waals surface area contributed by atoms with E-state index in [0.717, 1.165) is 0 Å². The van der Waals surface area contributed by atoms with Crippen LogP contribution in [-0.2, 0) is 9.47 Å². The average Bonchev–Trinajstić information content (AvgIpc) is 2.49. The molecule has 0 spiro atoms. The molecule has 0 aromatic heterocycles. The molecule has 2 aliphatic heterocycles. The van der Waals surface area contributed by atoms with Crippen molar-refractivity contribution in [2.24, 2.45) is 5.92 Å². The van der Waals surface area contributed by atoms with Gasteiger partial charge in [0.05, 0.1) is 24.7 Å². The van der Waals surface area contributed by atoms with Crippen LogP contribution in [0.3, 0.4) is 0 Å². The maximum Gasteiger partial charge on any atom is 0.208 e. The van der Waals surface area contributed by atoms with Gasteiger partial charge in [-0.15, -0.1) is 0 Å². The zero-order valence-electron chi connectivity index (χ0n) is 11.4. The van der Waals surface area contributed by atoms with Crippen molar-refractivity contribution >= 4 is 0 Å². The molecule has 6 atom stereocenters. The van der Waals surface area contributed by atoms with E-state index < -0.39 is 43.2 Å². The summed E-state index contributed by atoms with van der Waals surface area (Å²) in [5.41, 5.74) is 0.580. The lowest BCUT2D eigenvalue weighted by Crippen LogP contribution is -2.60. The highest BCUT2D eigenvalue weighted by Crippen LogP contribution is 2.48. The van der Waals surface area contributed by atoms with Crippen molar-refractivity contribution in [1.29, 1.82) is 0 Å². The van der Waals surface area contributed by atoms with Crippen LogP contribution in [-0.4, -0.2) is 58.7 Å². The van der Waals surface area contributed by atoms with Crippen LogP contribution in [0.5, 0.6) is 11.5 Å². The fraction of sp³-hybridized carbons (Fsp3) is 0.571. The Morgan fingerprint density at radius 3 is 2.67 bits per heavy atom. The van der Waals surface area contributed by atoms with Gasteiger partial charge in [-0.25, -0.2) is 0 Å². The van der Waals surface area contributed by atoms with E-state index in [2.05, 4.69) is 0 Å². The highest BCUT2D eigenvalue weighted by atomic mass is 16.7. The molecular weight excluding hydrogens is 280 g/mol. The first kappa shape index (κ1) is 14.6. The standard InChI is InChI=1S/C14H18O7/c1-19-13-6-3-2-4-7(16)12(6)21-14-9(13)11(18)10(17)8(5-15)20-14/h2-4,8-11,13-18H,5H2,1H3/t8-,9-,10-,11-,13-,14+/m1/s1. The van der Waals surface area contributed by atoms with Gasteiger partial charge in [0, 0.05) is 12.7 Å². The number of fused-ring (bicyclic) bond motifs is 2. The fourth-order valence-electron chi connectivity index (χ4n) is 3.03. The number of para-hydroxylation sites is 1. The second-order valence-corrected chi connectivity index (χ2v) is 5.25. The fourth-order valence-corrected chi connectivity index (χ4v) is 3.03. The summed E-state index contributed by atoms with van der Waals surface area (Å²) in [6.07, 6.45) is -4.90. The molecule has 3 rings (SSSR count). The van der Waals surface area contributed by atoms with E-state index in [4.69, 9.17) is 14.2 Å². The number of hydrogen-bond donors (Lipinski definition) is 4. The molecule has 1 aromatic carbocycles. The Balaban J connectivity index is 2.02. The van der Waals surface area contributed by atoms with Gasteiger partial charge in [0.15, 0.2) is 11.5 Å². The van der Waals surface area contributed by atoms with Gasteiger partial charge >= 0.3 is 0 Å². The van der Waals surface area contributed by atoms with Gasteiger partial charge in [-0.1, -0.05) is 12.1 Å². The number of phenols is 1. The Bertz CT molecular complexity index is 520. The lowest BCUT2D eigenvalue weighted by Gasteiger charge is -2.47. The van der Waals surface area contributed by atoms with E-state index in [1.165, 1.54) is 13.2 Å². The summed E-state index contributed by atoms with van der Waals surface area (Å²) in [4.78, 5) is 0. The number of rotatable bonds is 2. The molecule has 1 fully saturated rings. The van der Waals surface area contributed by atoms with Crippen molar-refractivity contribution in [1.82, 2.24) is 0 Å². The molecule has 0 radical (unpaired) electrons. The first-order valence-corrected chi connectivity index (χ1v) is 6.72. The normalized spacial score (nSPS) is 38.3. The number of aliphatic hydroxyl groups excluding tert-OH is 3. The topological polar surface area (TPSA) is 109 Å². The maximum atomic E-state index is 10.3. The summed E-state index contributed by atoms with van der Waals surface area (Å²) in [6, 6.07) is 4.84. The molecular formula is C14H18O7. The third kappa shape index (κ3) is 2.18. The van der Waals surface area contributed by atoms with Crippen LogP contribution >= 0.6 is 0 Å². The zero-order chi connectivity index (χ0) is 15.1. The Hall–Kier alpha value is -1.38. The van der Waals surface area contributed by atoms with Gasteiger partial charge in [0.25, 0.3) is 0 Å². The first-order chi connectivity index (χ1) is 10.1. The van der Waals surface area contributed by atoms with Crippen LogP contribution < -0.4 is 4.74 Å². The molecule has 0 bridgehead atoms. The molecule has 116 valence electrons. The van der Waals surface area contributed by atoms with E-state index in [9.17, 15) is 20.4 Å². The number of aromatic hydroxyl groups is 1. The minimum Gasteiger partial charge on any atom is -0.504 e. The molecule has 21 heavy (non-hydrogen) atoms. The minimum absolute atomic E-state index is 0.0576. The van der Waals surface area contributed by atoms with E-state index >= 15 is 0 Å². The number of ether oxygens (including phenoxy) is 3. The van der Waals surface area contributed by atoms with E-state index in [-0.39, 0.29) is 11.5 Å². The minimum atomic E-state index is -1.24. The molecule has 0 aliphatic carbocycles. The average molecular weight is 298 g/mol. The summed E-state index contributed by atoms with van der Waals surface area (Å²) in [7, 11) is 1.47. The van der Waals surface area contributed by atoms with Crippen molar-refractivity contribution < 1.29 is 34.6 Å². The van der Waals surface area contributed by atoms with Crippen molar-refractivity contribution in [3.8, 4) is 11.5 Å². The Kier molecular flexibility index (Phi) is 3.76. The Morgan fingerprint density at radius 1 is 1.24 bits per heavy atom. The van der Waals surface area contributed by atoms with Crippen LogP contribution in [0.15, 0.2) is 18.2 Å². The Morgan fingerprint density at radius 2 is 2.00 bits per heavy atom. The highest BCUT2D eigenvalue weighted by Gasteiger charge is 2.52. The summed E-state index contributed by atoms with van der Waals surface area (Å²) < 4.78 is 16.5. The number of phenolic OH excluding ortho intramolecular Hbond substituents is 1. The van der Waals surface area contributed by atoms with Gasteiger partial charge < -0.3 is 34.6 Å². The van der Waals surface area contributed by atoms with E-state index in [0.29, 0.717) is 5.56 Å². The zero-order valence-corrected chi connectivity index (χ0v) is 11.4. The van der Waals surface area contributed by atoms with Crippen molar-refractivity contribution in [3.63, 3.8) is 0 Å². The molecule has 1 saturated heterocycles. The predicted molar refractivity (Wildman–Crippen MR) is 69.7 cm³/mol. The second-order valence-electron chi connectivity index (χ2n) is 5.25. The smallest absolute Gasteiger partial charge is 0.208 e. The summed E-state index contributed by atoms with van der Waals surface area (Å²) >= 11 is 0. The van der Waals surface area contributed by atoms with Crippen LogP contribution in [0.4, 0.5) is 0 Å². The maximum absolute atomic E-state index is 10.3. The van der Waals surface area contributed by atoms with Gasteiger partial charge in [-0.05, 0) is 6.07 Å². The molecule has 0 unspecified atom stereocenters. The predicted octanol–water partition coefficient (Wildman–Crippen LogP) is -0.473. The van der Waals surface area contributed by atoms with Crippen molar-refractivity contribution in [3.05, 3.63) is 23.8 Å². The largest absolute Gasteiger partial charge is 0.504 e. The van der Waals surface area contributed by atoms with Crippen LogP contribution in [0.2, 0.25) is 0 Å². The summed E-state index contributed by atoms with van der Waals surface area (Å²) in [6.45, 7) is -0.448. The molecule has 0 saturated carbocycles. The molecule has 1 aromatic rings. The van der Waals surface area contributed by atoms with Crippen molar-refractivity contribution in [2.45, 2.75) is 30.7 Å². The van der Waals surface area contributed by atoms with Gasteiger partial charge in [0.1, 0.15) is 12.2 Å². The third-order valence-electron chi connectivity index (χ3n) is 4.10. The van der Waals surface area contributed by atoms with Gasteiger partial charge in [-0.3, -0.25) is 0 Å². The molecule has 4 N–H and O–H groups in total. The quantitative estimate of drug-likeness (QED) is 0.584. The SMILES string of the molecule is CO[C@@H]1c2cccc(O)c2O[C@@H]2O[C@H](CO)[C@@H](O)[C@H](O)[C@@H]21. The summed E-state index contributed by atoms with van der Waals surface area (Å²) in [5.74, 6) is -0.495. The monoisotopic (exact) mass is 298 g/mol. The van der Waals surface area contributed by atoms with Crippen LogP contribution in [0, 0.1) is 5.92 Å². The van der Waals surface area contributed by atoms with Crippen LogP contribution in [0.25, 0.3) is 0 Å². The van der Waals surface area contributed by atoms with E-state index in [1.807, 2.05) is 0 Å². The van der Waals surface area contributed by atoms with Crippen LogP contribution in [0.1, 0.15) is 11.7 Å². The molecule has 2 heterocycles. The molecule has 2 aliphatic rings. The molecule has 7 nitrogen and oxygen atoms in total. The van der Waals surface area contributed by atoms with E-state index in [1.54, 1.807) is 12.1 Å². The molecule has 7 heteroatoms. The number of benzene rings is 1. The first-order valence-electron chi connectivity index (χ1n) is 6.72. The Labute approximate surface area is 121 Å². The van der Waals surface area contributed by atoms with Gasteiger partial charge in [0.2, 0.25) is 6.29 Å². The lowest BCUT2D eigenvalue weighted by atomic mass is 9.82. The lowest BCUT2D eigenvalue weighted by molar-refractivity contribution is -0.286. The van der Waals surface area contributed by atoms with Crippen molar-refractivity contribution in [2.75, 3.05) is 13.7 Å². The highest BCUT2D eigenvalue weighted by molar-refractivity contribution is 5.48. The number of aliphatic hydroxyl groups is 3. The second kappa shape index (κ2) is 5.43. The van der Waals surface area contributed by atoms with Gasteiger partial charge in [-0.2, -0.15) is 0 Å². The molecule has 0 amide bonds.